The van der Waals surface area contributed by atoms with E-state index in [9.17, 15) is 9.59 Å². The van der Waals surface area contributed by atoms with E-state index in [0.29, 0.717) is 13.1 Å². The van der Waals surface area contributed by atoms with Gasteiger partial charge in [-0.15, -0.1) is 11.3 Å². The Labute approximate surface area is 164 Å². The molecule has 1 aromatic heterocycles. The summed E-state index contributed by atoms with van der Waals surface area (Å²) in [5.41, 5.74) is 1.20. The first-order valence-electron chi connectivity index (χ1n) is 9.33. The van der Waals surface area contributed by atoms with Crippen LogP contribution in [0, 0.1) is 0 Å². The van der Waals surface area contributed by atoms with Gasteiger partial charge in [-0.25, -0.2) is 4.98 Å². The number of nitrogens with one attached hydrogen (secondary N) is 2. The predicted octanol–water partition coefficient (Wildman–Crippen LogP) is 2.81. The lowest BCUT2D eigenvalue weighted by molar-refractivity contribution is -0.137. The molecule has 0 unspecified atom stereocenters. The lowest BCUT2D eigenvalue weighted by Crippen LogP contribution is -2.62. The van der Waals surface area contributed by atoms with Crippen LogP contribution in [-0.2, 0) is 22.6 Å². The van der Waals surface area contributed by atoms with Gasteiger partial charge < -0.3 is 10.6 Å². The molecule has 3 rings (SSSR count). The monoisotopic (exact) mass is 386 g/mol. The van der Waals surface area contributed by atoms with E-state index in [0.717, 1.165) is 35.8 Å². The summed E-state index contributed by atoms with van der Waals surface area (Å²) in [6.45, 7) is 6.20. The van der Waals surface area contributed by atoms with Gasteiger partial charge in [0.25, 0.3) is 0 Å². The summed E-state index contributed by atoms with van der Waals surface area (Å²) in [6.07, 6.45) is 2.02. The van der Waals surface area contributed by atoms with Crippen LogP contribution in [0.5, 0.6) is 0 Å². The van der Waals surface area contributed by atoms with Gasteiger partial charge in [0.05, 0.1) is 17.7 Å². The number of benzene rings is 1. The summed E-state index contributed by atoms with van der Waals surface area (Å²) in [4.78, 5) is 31.4. The molecule has 1 fully saturated rings. The van der Waals surface area contributed by atoms with E-state index >= 15 is 0 Å². The van der Waals surface area contributed by atoms with Gasteiger partial charge >= 0.3 is 0 Å². The molecule has 27 heavy (non-hydrogen) atoms. The van der Waals surface area contributed by atoms with Crippen molar-refractivity contribution in [2.45, 2.75) is 45.2 Å². The molecule has 2 N–H and O–H groups in total. The molecule has 2 aromatic rings. The summed E-state index contributed by atoms with van der Waals surface area (Å²) in [6, 6.07) is 9.41. The van der Waals surface area contributed by atoms with Crippen LogP contribution >= 0.6 is 11.3 Å². The molecule has 6 nitrogen and oxygen atoms in total. The van der Waals surface area contributed by atoms with Gasteiger partial charge in [0, 0.05) is 30.7 Å². The topological polar surface area (TPSA) is 74.3 Å². The van der Waals surface area contributed by atoms with Gasteiger partial charge in [0.15, 0.2) is 0 Å². The number of hydrogen-bond acceptors (Lipinski definition) is 5. The van der Waals surface area contributed by atoms with Crippen molar-refractivity contribution in [1.29, 1.82) is 0 Å². The van der Waals surface area contributed by atoms with Crippen LogP contribution < -0.4 is 10.6 Å². The fraction of sp³-hybridized carbons (Fsp3) is 0.450. The quantitative estimate of drug-likeness (QED) is 0.767. The number of anilines is 1. The largest absolute Gasteiger partial charge is 0.353 e. The van der Waals surface area contributed by atoms with Crippen molar-refractivity contribution in [1.82, 2.24) is 15.2 Å². The zero-order valence-electron chi connectivity index (χ0n) is 15.8. The Balaban J connectivity index is 1.61. The number of hydrogen-bond donors (Lipinski definition) is 2. The van der Waals surface area contributed by atoms with Crippen molar-refractivity contribution in [2.75, 3.05) is 18.4 Å². The summed E-state index contributed by atoms with van der Waals surface area (Å²) in [5.74, 6) is 0.0172. The molecule has 0 saturated carbocycles. The lowest BCUT2D eigenvalue weighted by atomic mass is 9.90. The number of amides is 2. The minimum atomic E-state index is -0.499. The first-order valence-corrected chi connectivity index (χ1v) is 10.2. The van der Waals surface area contributed by atoms with Crippen molar-refractivity contribution in [3.63, 3.8) is 0 Å². The molecule has 0 spiro atoms. The van der Waals surface area contributed by atoms with Gasteiger partial charge in [-0.1, -0.05) is 31.5 Å². The molecule has 0 bridgehead atoms. The second-order valence-electron chi connectivity index (χ2n) is 7.02. The van der Waals surface area contributed by atoms with Gasteiger partial charge in [-0.05, 0) is 25.5 Å². The molecular weight excluding hydrogens is 360 g/mol. The van der Waals surface area contributed by atoms with Gasteiger partial charge in [0.2, 0.25) is 11.8 Å². The number of nitrogens with zero attached hydrogens (tertiary/aromatic N) is 2. The van der Waals surface area contributed by atoms with Crippen molar-refractivity contribution < 1.29 is 9.59 Å². The molecule has 2 heterocycles. The van der Waals surface area contributed by atoms with Crippen molar-refractivity contribution >= 4 is 28.8 Å². The molecule has 1 saturated heterocycles. The molecule has 2 amide bonds. The fourth-order valence-electron chi connectivity index (χ4n) is 3.46. The number of carbonyl (C=O) groups excluding carboxylic acids is 2. The van der Waals surface area contributed by atoms with E-state index in [4.69, 9.17) is 0 Å². The van der Waals surface area contributed by atoms with E-state index in [1.165, 1.54) is 11.3 Å². The Kier molecular flexibility index (Phi) is 6.23. The zero-order valence-corrected chi connectivity index (χ0v) is 16.6. The van der Waals surface area contributed by atoms with Crippen LogP contribution in [0.25, 0.3) is 0 Å². The van der Waals surface area contributed by atoms with E-state index < -0.39 is 5.54 Å². The molecule has 1 aliphatic rings. The summed E-state index contributed by atoms with van der Waals surface area (Å²) in [7, 11) is 0. The van der Waals surface area contributed by atoms with Crippen LogP contribution in [0.2, 0.25) is 0 Å². The van der Waals surface area contributed by atoms with E-state index in [1.54, 1.807) is 0 Å². The van der Waals surface area contributed by atoms with Crippen LogP contribution in [0.3, 0.4) is 0 Å². The average Bonchev–Trinajstić information content (AvgIpc) is 3.07. The molecule has 144 valence electrons. The van der Waals surface area contributed by atoms with E-state index in [1.807, 2.05) is 42.6 Å². The minimum absolute atomic E-state index is 0.0738. The Hall–Kier alpha value is -2.25. The Morgan fingerprint density at radius 2 is 2.15 bits per heavy atom. The third-order valence-corrected chi connectivity index (χ3v) is 5.81. The summed E-state index contributed by atoms with van der Waals surface area (Å²) >= 11 is 1.49. The minimum Gasteiger partial charge on any atom is -0.353 e. The second-order valence-corrected chi connectivity index (χ2v) is 7.97. The first-order chi connectivity index (χ1) is 13.0. The van der Waals surface area contributed by atoms with Gasteiger partial charge in [-0.3, -0.25) is 14.5 Å². The first kappa shape index (κ1) is 19.5. The number of para-hydroxylation sites is 1. The molecule has 1 aliphatic heterocycles. The smallest absolute Gasteiger partial charge is 0.240 e. The number of thiazole rings is 1. The Morgan fingerprint density at radius 3 is 2.89 bits per heavy atom. The van der Waals surface area contributed by atoms with Gasteiger partial charge in [-0.2, -0.15) is 0 Å². The molecule has 7 heteroatoms. The highest BCUT2D eigenvalue weighted by molar-refractivity contribution is 7.09. The predicted molar refractivity (Wildman–Crippen MR) is 108 cm³/mol. The molecule has 1 aromatic carbocycles. The third kappa shape index (κ3) is 4.73. The maximum atomic E-state index is 12.4. The molecule has 0 radical (unpaired) electrons. The highest BCUT2D eigenvalue weighted by atomic mass is 32.1. The van der Waals surface area contributed by atoms with Crippen molar-refractivity contribution in [3.05, 3.63) is 46.4 Å². The Morgan fingerprint density at radius 1 is 1.37 bits per heavy atom. The Bertz CT molecular complexity index is 792. The van der Waals surface area contributed by atoms with Crippen LogP contribution in [0.1, 0.15) is 37.4 Å². The molecule has 0 aliphatic carbocycles. The summed E-state index contributed by atoms with van der Waals surface area (Å²) in [5, 5.41) is 8.64. The molecular formula is C20H26N4O2S. The van der Waals surface area contributed by atoms with Gasteiger partial charge in [0.1, 0.15) is 5.01 Å². The maximum Gasteiger partial charge on any atom is 0.240 e. The normalized spacial score (nSPS) is 20.3. The molecule has 1 atom stereocenters. The van der Waals surface area contributed by atoms with E-state index in [-0.39, 0.29) is 18.2 Å². The number of rotatable bonds is 7. The second kappa shape index (κ2) is 8.63. The highest BCUT2D eigenvalue weighted by Crippen LogP contribution is 2.26. The fourth-order valence-corrected chi connectivity index (χ4v) is 4.24. The highest BCUT2D eigenvalue weighted by Gasteiger charge is 2.41. The van der Waals surface area contributed by atoms with Crippen LogP contribution in [0.4, 0.5) is 5.69 Å². The summed E-state index contributed by atoms with van der Waals surface area (Å²) < 4.78 is 0. The van der Waals surface area contributed by atoms with Crippen molar-refractivity contribution in [2.24, 2.45) is 0 Å². The van der Waals surface area contributed by atoms with Crippen molar-refractivity contribution in [3.8, 4) is 0 Å². The SMILES string of the molecule is CCC[C@@]1(C)C(=O)NCCN1Cc1csc(CC(=O)Nc2ccccc2)n1. The number of aromatic nitrogens is 1. The standard InChI is InChI=1S/C20H26N4O2S/c1-3-9-20(2)19(26)21-10-11-24(20)13-16-14-27-18(23-16)12-17(25)22-15-7-5-4-6-8-15/h4-8,14H,3,9-13H2,1-2H3,(H,21,26)(H,22,25)/t20-/m0/s1. The van der Waals surface area contributed by atoms with Crippen LogP contribution in [0.15, 0.2) is 35.7 Å². The number of piperazine rings is 1. The average molecular weight is 387 g/mol. The lowest BCUT2D eigenvalue weighted by Gasteiger charge is -2.43. The maximum absolute atomic E-state index is 12.4. The van der Waals surface area contributed by atoms with E-state index in [2.05, 4.69) is 27.4 Å². The zero-order chi connectivity index (χ0) is 19.3. The third-order valence-electron chi connectivity index (χ3n) is 4.91. The number of carbonyl (C=O) groups is 2. The van der Waals surface area contributed by atoms with Crippen LogP contribution in [-0.4, -0.2) is 40.3 Å².